The number of hydrogen-bond donors (Lipinski definition) is 3. The van der Waals surface area contributed by atoms with Crippen LogP contribution < -0.4 is 15.4 Å². The van der Waals surface area contributed by atoms with Crippen molar-refractivity contribution in [2.24, 2.45) is 5.92 Å². The van der Waals surface area contributed by atoms with E-state index >= 15 is 0 Å². The van der Waals surface area contributed by atoms with Crippen LogP contribution in [0.2, 0.25) is 5.02 Å². The molecule has 10 heteroatoms. The van der Waals surface area contributed by atoms with Crippen LogP contribution in [-0.2, 0) is 22.5 Å². The standard InChI is InChI=1S/C32H36ClN3O6/c1-40-29-18-28(26(33)17-24(29)20-37)35-31(38)41-15-5-6-21-9-10-25(22-7-3-2-4-8-22)27(16-21)34-32(39)42-30-19-36-13-11-23(30)12-14-36/h2-4,7-10,16-18,23,30,37H,5-6,11-15,19-20H2,1H3,(H,34,39)(H,35,38)/t30-/m0/s1. The average Bonchev–Trinajstić information content (AvgIpc) is 3.01. The monoisotopic (exact) mass is 593 g/mol. The SMILES string of the molecule is COc1cc(NC(=O)OCCCc2ccc(-c3ccccc3)c(NC(=O)O[C@H]3CN4CCC3CC4)c2)c(Cl)cc1CO. The van der Waals surface area contributed by atoms with Gasteiger partial charge in [-0.3, -0.25) is 15.5 Å². The second-order valence-corrected chi connectivity index (χ2v) is 11.0. The molecule has 0 aromatic heterocycles. The fourth-order valence-electron chi connectivity index (χ4n) is 5.63. The van der Waals surface area contributed by atoms with Gasteiger partial charge in [0, 0.05) is 23.7 Å². The highest BCUT2D eigenvalue weighted by Gasteiger charge is 2.36. The van der Waals surface area contributed by atoms with Crippen molar-refractivity contribution < 1.29 is 28.9 Å². The maximum atomic E-state index is 13.0. The lowest BCUT2D eigenvalue weighted by molar-refractivity contribution is -0.0289. The highest BCUT2D eigenvalue weighted by molar-refractivity contribution is 6.33. The smallest absolute Gasteiger partial charge is 0.411 e. The predicted molar refractivity (Wildman–Crippen MR) is 162 cm³/mol. The fraction of sp³-hybridized carbons (Fsp3) is 0.375. The number of carbonyl (C=O) groups is 2. The molecule has 2 bridgehead atoms. The van der Waals surface area contributed by atoms with Gasteiger partial charge in [0.1, 0.15) is 11.9 Å². The minimum absolute atomic E-state index is 0.0808. The van der Waals surface area contributed by atoms with Crippen LogP contribution in [-0.4, -0.2) is 61.6 Å². The number of aliphatic hydroxyl groups is 1. The first-order valence-electron chi connectivity index (χ1n) is 14.2. The molecule has 0 unspecified atom stereocenters. The topological polar surface area (TPSA) is 109 Å². The van der Waals surface area contributed by atoms with E-state index in [0.29, 0.717) is 41.4 Å². The number of benzene rings is 3. The maximum absolute atomic E-state index is 13.0. The summed E-state index contributed by atoms with van der Waals surface area (Å²) in [6.07, 6.45) is 2.18. The Hall–Kier alpha value is -3.79. The van der Waals surface area contributed by atoms with Crippen LogP contribution >= 0.6 is 11.6 Å². The number of carbonyl (C=O) groups excluding carboxylic acids is 2. The van der Waals surface area contributed by atoms with Crippen molar-refractivity contribution in [2.45, 2.75) is 38.4 Å². The second-order valence-electron chi connectivity index (χ2n) is 10.6. The predicted octanol–water partition coefficient (Wildman–Crippen LogP) is 6.33. The van der Waals surface area contributed by atoms with Crippen molar-refractivity contribution in [2.75, 3.05) is 44.0 Å². The number of halogens is 1. The Morgan fingerprint density at radius 3 is 2.45 bits per heavy atom. The second kappa shape index (κ2) is 13.9. The first-order valence-corrected chi connectivity index (χ1v) is 14.6. The number of nitrogens with one attached hydrogen (secondary N) is 2. The van der Waals surface area contributed by atoms with E-state index in [4.69, 9.17) is 25.8 Å². The Balaban J connectivity index is 1.18. The van der Waals surface area contributed by atoms with Crippen molar-refractivity contribution in [1.82, 2.24) is 4.90 Å². The van der Waals surface area contributed by atoms with Crippen LogP contribution in [0.4, 0.5) is 21.0 Å². The Bertz CT molecular complexity index is 1390. The molecule has 3 aliphatic rings. The summed E-state index contributed by atoms with van der Waals surface area (Å²) < 4.78 is 16.5. The zero-order valence-corrected chi connectivity index (χ0v) is 24.4. The van der Waals surface area contributed by atoms with Crippen LogP contribution in [0.15, 0.2) is 60.7 Å². The molecule has 3 N–H and O–H groups in total. The van der Waals surface area contributed by atoms with Gasteiger partial charge in [0.05, 0.1) is 36.7 Å². The number of methoxy groups -OCH3 is 1. The molecule has 3 heterocycles. The minimum Gasteiger partial charge on any atom is -0.496 e. The summed E-state index contributed by atoms with van der Waals surface area (Å²) >= 11 is 6.22. The van der Waals surface area contributed by atoms with Crippen molar-refractivity contribution in [3.63, 3.8) is 0 Å². The molecule has 1 atom stereocenters. The van der Waals surface area contributed by atoms with Gasteiger partial charge < -0.3 is 19.3 Å². The Kier molecular flexibility index (Phi) is 9.84. The summed E-state index contributed by atoms with van der Waals surface area (Å²) in [5.41, 5.74) is 4.40. The Morgan fingerprint density at radius 2 is 1.76 bits per heavy atom. The third-order valence-electron chi connectivity index (χ3n) is 7.88. The number of aliphatic hydroxyl groups excluding tert-OH is 1. The zero-order valence-electron chi connectivity index (χ0n) is 23.6. The van der Waals surface area contributed by atoms with Crippen molar-refractivity contribution in [1.29, 1.82) is 0 Å². The number of ether oxygens (including phenoxy) is 3. The lowest BCUT2D eigenvalue weighted by Crippen LogP contribution is -2.52. The molecule has 3 aromatic carbocycles. The van der Waals surface area contributed by atoms with E-state index in [2.05, 4.69) is 15.5 Å². The molecule has 3 aliphatic heterocycles. The van der Waals surface area contributed by atoms with E-state index in [0.717, 1.165) is 49.2 Å². The number of nitrogens with zero attached hydrogens (tertiary/aromatic N) is 1. The molecule has 9 nitrogen and oxygen atoms in total. The molecule has 3 fully saturated rings. The van der Waals surface area contributed by atoms with Gasteiger partial charge in [-0.25, -0.2) is 9.59 Å². The summed E-state index contributed by atoms with van der Waals surface area (Å²) in [7, 11) is 1.47. The van der Waals surface area contributed by atoms with Gasteiger partial charge in [0.2, 0.25) is 0 Å². The summed E-state index contributed by atoms with van der Waals surface area (Å²) in [6.45, 7) is 2.90. The normalized spacial score (nSPS) is 19.2. The quantitative estimate of drug-likeness (QED) is 0.236. The van der Waals surface area contributed by atoms with Crippen molar-refractivity contribution in [3.8, 4) is 16.9 Å². The molecular formula is C32H36ClN3O6. The van der Waals surface area contributed by atoms with Crippen molar-refractivity contribution in [3.05, 3.63) is 76.8 Å². The maximum Gasteiger partial charge on any atom is 0.411 e. The zero-order chi connectivity index (χ0) is 29.5. The largest absolute Gasteiger partial charge is 0.496 e. The number of aryl methyl sites for hydroxylation is 1. The summed E-state index contributed by atoms with van der Waals surface area (Å²) in [5, 5.41) is 15.3. The van der Waals surface area contributed by atoms with Gasteiger partial charge in [-0.15, -0.1) is 0 Å². The first kappa shape index (κ1) is 29.7. The number of hydrogen-bond acceptors (Lipinski definition) is 7. The van der Waals surface area contributed by atoms with E-state index < -0.39 is 12.2 Å². The summed E-state index contributed by atoms with van der Waals surface area (Å²) in [6, 6.07) is 18.9. The third-order valence-corrected chi connectivity index (χ3v) is 8.19. The fourth-order valence-corrected chi connectivity index (χ4v) is 5.87. The molecule has 222 valence electrons. The minimum atomic E-state index is -0.645. The van der Waals surface area contributed by atoms with Crippen LogP contribution in [0.3, 0.4) is 0 Å². The number of piperidine rings is 3. The summed E-state index contributed by atoms with van der Waals surface area (Å²) in [5.74, 6) is 0.837. The highest BCUT2D eigenvalue weighted by atomic mass is 35.5. The highest BCUT2D eigenvalue weighted by Crippen LogP contribution is 2.33. The van der Waals surface area contributed by atoms with Crippen LogP contribution in [0, 0.1) is 5.92 Å². The number of rotatable bonds is 10. The molecule has 2 amide bonds. The van der Waals surface area contributed by atoms with Gasteiger partial charge in [0.25, 0.3) is 0 Å². The molecule has 0 aliphatic carbocycles. The molecular weight excluding hydrogens is 558 g/mol. The summed E-state index contributed by atoms with van der Waals surface area (Å²) in [4.78, 5) is 27.7. The molecule has 0 saturated carbocycles. The lowest BCUT2D eigenvalue weighted by atomic mass is 9.86. The van der Waals surface area contributed by atoms with Crippen LogP contribution in [0.1, 0.15) is 30.4 Å². The van der Waals surface area contributed by atoms with Gasteiger partial charge in [-0.2, -0.15) is 0 Å². The van der Waals surface area contributed by atoms with Crippen molar-refractivity contribution >= 4 is 35.2 Å². The van der Waals surface area contributed by atoms with Gasteiger partial charge >= 0.3 is 12.2 Å². The van der Waals surface area contributed by atoms with Gasteiger partial charge in [-0.1, -0.05) is 54.1 Å². The Labute approximate surface area is 250 Å². The third kappa shape index (κ3) is 7.34. The van der Waals surface area contributed by atoms with E-state index in [1.165, 1.54) is 13.2 Å². The van der Waals surface area contributed by atoms with E-state index in [-0.39, 0.29) is 24.3 Å². The number of anilines is 2. The van der Waals surface area contributed by atoms with E-state index in [9.17, 15) is 14.7 Å². The molecule has 6 rings (SSSR count). The van der Waals surface area contributed by atoms with Gasteiger partial charge in [-0.05, 0) is 68.0 Å². The van der Waals surface area contributed by atoms with Gasteiger partial charge in [0.15, 0.2) is 0 Å². The molecule has 0 spiro atoms. The number of amides is 2. The van der Waals surface area contributed by atoms with Crippen LogP contribution in [0.25, 0.3) is 11.1 Å². The lowest BCUT2D eigenvalue weighted by Gasteiger charge is -2.43. The molecule has 3 aromatic rings. The number of fused-ring (bicyclic) bond motifs is 3. The molecule has 3 saturated heterocycles. The average molecular weight is 594 g/mol. The van der Waals surface area contributed by atoms with Crippen LogP contribution in [0.5, 0.6) is 5.75 Å². The van der Waals surface area contributed by atoms with E-state index in [1.807, 2.05) is 48.5 Å². The molecule has 42 heavy (non-hydrogen) atoms. The Morgan fingerprint density at radius 1 is 1.00 bits per heavy atom. The molecule has 0 radical (unpaired) electrons. The first-order chi connectivity index (χ1) is 20.4. The van der Waals surface area contributed by atoms with E-state index in [1.54, 1.807) is 6.07 Å².